The number of hydrogen-bond acceptors (Lipinski definition) is 3. The fourth-order valence-electron chi connectivity index (χ4n) is 1.38. The van der Waals surface area contributed by atoms with Gasteiger partial charge in [-0.15, -0.1) is 0 Å². The van der Waals surface area contributed by atoms with Crippen molar-refractivity contribution in [2.75, 3.05) is 19.8 Å². The van der Waals surface area contributed by atoms with Crippen LogP contribution in [0.5, 0.6) is 0 Å². The Morgan fingerprint density at radius 3 is 2.55 bits per heavy atom. The third kappa shape index (κ3) is 6.69. The molecule has 20 heavy (non-hydrogen) atoms. The Kier molecular flexibility index (Phi) is 7.05. The van der Waals surface area contributed by atoms with Crippen LogP contribution in [0.15, 0.2) is 24.3 Å². The van der Waals surface area contributed by atoms with Crippen molar-refractivity contribution in [3.8, 4) is 0 Å². The molecule has 0 fully saturated rings. The Bertz CT molecular complexity index is 437. The predicted octanol–water partition coefficient (Wildman–Crippen LogP) is 0.735. The van der Waals surface area contributed by atoms with E-state index in [1.807, 2.05) is 6.92 Å². The number of carbonyl (C=O) groups excluding carboxylic acids is 2. The Hall–Kier alpha value is -2.15. The SMILES string of the molecule is CCOCCNC(=O)NNC(=O)Cc1ccc(F)cc1. The molecular weight excluding hydrogens is 265 g/mol. The highest BCUT2D eigenvalue weighted by atomic mass is 19.1. The van der Waals surface area contributed by atoms with Crippen LogP contribution in [-0.4, -0.2) is 31.7 Å². The molecule has 0 aliphatic rings. The molecule has 3 amide bonds. The normalized spacial score (nSPS) is 9.90. The highest BCUT2D eigenvalue weighted by Crippen LogP contribution is 2.02. The van der Waals surface area contributed by atoms with Crippen molar-refractivity contribution in [1.29, 1.82) is 0 Å². The van der Waals surface area contributed by atoms with Crippen molar-refractivity contribution in [2.24, 2.45) is 0 Å². The van der Waals surface area contributed by atoms with E-state index >= 15 is 0 Å². The van der Waals surface area contributed by atoms with Crippen LogP contribution in [0, 0.1) is 5.82 Å². The number of nitrogens with one attached hydrogen (secondary N) is 3. The lowest BCUT2D eigenvalue weighted by molar-refractivity contribution is -0.121. The Morgan fingerprint density at radius 1 is 1.20 bits per heavy atom. The van der Waals surface area contributed by atoms with Crippen molar-refractivity contribution in [1.82, 2.24) is 16.2 Å². The van der Waals surface area contributed by atoms with E-state index < -0.39 is 11.9 Å². The molecule has 0 saturated carbocycles. The van der Waals surface area contributed by atoms with Gasteiger partial charge in [-0.25, -0.2) is 14.6 Å². The Balaban J connectivity index is 2.19. The summed E-state index contributed by atoms with van der Waals surface area (Å²) >= 11 is 0. The highest BCUT2D eigenvalue weighted by Gasteiger charge is 2.05. The lowest BCUT2D eigenvalue weighted by Crippen LogP contribution is -2.48. The Morgan fingerprint density at radius 2 is 1.90 bits per heavy atom. The molecule has 3 N–H and O–H groups in total. The van der Waals surface area contributed by atoms with E-state index in [1.165, 1.54) is 24.3 Å². The number of hydrogen-bond donors (Lipinski definition) is 3. The number of carbonyl (C=O) groups is 2. The van der Waals surface area contributed by atoms with E-state index in [0.29, 0.717) is 25.3 Å². The van der Waals surface area contributed by atoms with Crippen molar-refractivity contribution in [2.45, 2.75) is 13.3 Å². The van der Waals surface area contributed by atoms with Crippen LogP contribution in [0.3, 0.4) is 0 Å². The van der Waals surface area contributed by atoms with Gasteiger partial charge in [-0.2, -0.15) is 0 Å². The fraction of sp³-hybridized carbons (Fsp3) is 0.385. The quantitative estimate of drug-likeness (QED) is 0.532. The van der Waals surface area contributed by atoms with E-state index in [9.17, 15) is 14.0 Å². The summed E-state index contributed by atoms with van der Waals surface area (Å²) in [7, 11) is 0. The number of halogens is 1. The van der Waals surface area contributed by atoms with E-state index in [2.05, 4.69) is 16.2 Å². The van der Waals surface area contributed by atoms with E-state index in [1.54, 1.807) is 0 Å². The van der Waals surface area contributed by atoms with E-state index in [-0.39, 0.29) is 12.2 Å². The van der Waals surface area contributed by atoms with E-state index in [4.69, 9.17) is 4.74 Å². The monoisotopic (exact) mass is 283 g/mol. The van der Waals surface area contributed by atoms with Gasteiger partial charge in [-0.1, -0.05) is 12.1 Å². The summed E-state index contributed by atoms with van der Waals surface area (Å²) in [6.07, 6.45) is 0.0551. The molecule has 0 radical (unpaired) electrons. The summed E-state index contributed by atoms with van der Waals surface area (Å²) in [5.74, 6) is -0.752. The molecule has 0 aromatic heterocycles. The van der Waals surface area contributed by atoms with Crippen LogP contribution in [-0.2, 0) is 16.0 Å². The van der Waals surface area contributed by atoms with Gasteiger partial charge in [0.2, 0.25) is 5.91 Å². The average molecular weight is 283 g/mol. The first-order valence-corrected chi connectivity index (χ1v) is 6.26. The summed E-state index contributed by atoms with van der Waals surface area (Å²) in [5, 5.41) is 2.50. The molecule has 0 saturated heterocycles. The van der Waals surface area contributed by atoms with Gasteiger partial charge in [-0.3, -0.25) is 10.2 Å². The lowest BCUT2D eigenvalue weighted by Gasteiger charge is -2.09. The molecule has 1 aromatic rings. The first kappa shape index (κ1) is 15.9. The molecule has 0 bridgehead atoms. The van der Waals surface area contributed by atoms with Crippen LogP contribution in [0.1, 0.15) is 12.5 Å². The first-order chi connectivity index (χ1) is 9.61. The number of benzene rings is 1. The summed E-state index contributed by atoms with van der Waals surface area (Å²) in [4.78, 5) is 22.8. The zero-order chi connectivity index (χ0) is 14.8. The summed E-state index contributed by atoms with van der Waals surface area (Å²) in [6.45, 7) is 3.20. The van der Waals surface area contributed by atoms with Crippen LogP contribution in [0.25, 0.3) is 0 Å². The van der Waals surface area contributed by atoms with Crippen LogP contribution in [0.2, 0.25) is 0 Å². The standard InChI is InChI=1S/C13H18FN3O3/c1-2-20-8-7-15-13(19)17-16-12(18)9-10-3-5-11(14)6-4-10/h3-6H,2,7-9H2,1H3,(H,16,18)(H2,15,17,19). The second kappa shape index (κ2) is 8.87. The largest absolute Gasteiger partial charge is 0.380 e. The topological polar surface area (TPSA) is 79.5 Å². The maximum atomic E-state index is 12.7. The van der Waals surface area contributed by atoms with Crippen molar-refractivity contribution in [3.05, 3.63) is 35.6 Å². The number of urea groups is 1. The third-order valence-electron chi connectivity index (χ3n) is 2.33. The zero-order valence-corrected chi connectivity index (χ0v) is 11.2. The van der Waals surface area contributed by atoms with Gasteiger partial charge in [0.05, 0.1) is 13.0 Å². The smallest absolute Gasteiger partial charge is 0.333 e. The van der Waals surface area contributed by atoms with Crippen LogP contribution >= 0.6 is 0 Å². The summed E-state index contributed by atoms with van der Waals surface area (Å²) < 4.78 is 17.7. The zero-order valence-electron chi connectivity index (χ0n) is 11.2. The maximum Gasteiger partial charge on any atom is 0.333 e. The molecule has 7 heteroatoms. The molecule has 0 aliphatic heterocycles. The van der Waals surface area contributed by atoms with Crippen molar-refractivity contribution in [3.63, 3.8) is 0 Å². The minimum Gasteiger partial charge on any atom is -0.380 e. The van der Waals surface area contributed by atoms with Crippen molar-refractivity contribution >= 4 is 11.9 Å². The molecule has 6 nitrogen and oxygen atoms in total. The highest BCUT2D eigenvalue weighted by molar-refractivity contribution is 5.82. The van der Waals surface area contributed by atoms with Gasteiger partial charge >= 0.3 is 6.03 Å². The van der Waals surface area contributed by atoms with Gasteiger partial charge in [0.15, 0.2) is 0 Å². The first-order valence-electron chi connectivity index (χ1n) is 6.26. The molecule has 0 heterocycles. The molecule has 0 spiro atoms. The fourth-order valence-corrected chi connectivity index (χ4v) is 1.38. The Labute approximate surface area is 116 Å². The number of ether oxygens (including phenoxy) is 1. The molecule has 1 rings (SSSR count). The number of hydrazine groups is 1. The predicted molar refractivity (Wildman–Crippen MR) is 71.3 cm³/mol. The molecule has 0 aliphatic carbocycles. The minimum absolute atomic E-state index is 0.0551. The molecule has 0 unspecified atom stereocenters. The maximum absolute atomic E-state index is 12.7. The third-order valence-corrected chi connectivity index (χ3v) is 2.33. The number of rotatable bonds is 6. The molecule has 110 valence electrons. The lowest BCUT2D eigenvalue weighted by atomic mass is 10.1. The average Bonchev–Trinajstić information content (AvgIpc) is 2.44. The van der Waals surface area contributed by atoms with E-state index in [0.717, 1.165) is 0 Å². The second-order valence-corrected chi connectivity index (χ2v) is 3.93. The summed E-state index contributed by atoms with van der Waals surface area (Å²) in [6, 6.07) is 5.05. The van der Waals surface area contributed by atoms with Gasteiger partial charge in [0.1, 0.15) is 5.82 Å². The molecule has 0 atom stereocenters. The molecular formula is C13H18FN3O3. The van der Waals surface area contributed by atoms with Gasteiger partial charge in [0.25, 0.3) is 0 Å². The van der Waals surface area contributed by atoms with Crippen LogP contribution in [0.4, 0.5) is 9.18 Å². The molecule has 1 aromatic carbocycles. The van der Waals surface area contributed by atoms with Crippen molar-refractivity contribution < 1.29 is 18.7 Å². The van der Waals surface area contributed by atoms with Gasteiger partial charge in [-0.05, 0) is 24.6 Å². The van der Waals surface area contributed by atoms with Gasteiger partial charge in [0, 0.05) is 13.2 Å². The summed E-state index contributed by atoms with van der Waals surface area (Å²) in [5.41, 5.74) is 5.12. The second-order valence-electron chi connectivity index (χ2n) is 3.93. The minimum atomic E-state index is -0.517. The van der Waals surface area contributed by atoms with Crippen LogP contribution < -0.4 is 16.2 Å². The van der Waals surface area contributed by atoms with Gasteiger partial charge < -0.3 is 10.1 Å². The number of amides is 3.